The van der Waals surface area contributed by atoms with Crippen LogP contribution in [0.2, 0.25) is 0 Å². The van der Waals surface area contributed by atoms with Crippen LogP contribution in [0, 0.1) is 17.2 Å². The third-order valence-corrected chi connectivity index (χ3v) is 4.33. The molecule has 3 rings (SSSR count). The summed E-state index contributed by atoms with van der Waals surface area (Å²) in [5.74, 6) is 2.40. The Morgan fingerprint density at radius 3 is 2.73 bits per heavy atom. The van der Waals surface area contributed by atoms with Gasteiger partial charge >= 0.3 is 0 Å². The molecule has 30 heavy (non-hydrogen) atoms. The van der Waals surface area contributed by atoms with E-state index in [2.05, 4.69) is 19.2 Å². The molecule has 7 nitrogen and oxygen atoms in total. The molecule has 0 fully saturated rings. The lowest BCUT2D eigenvalue weighted by molar-refractivity contribution is -0.117. The van der Waals surface area contributed by atoms with Gasteiger partial charge in [0.2, 0.25) is 6.79 Å². The Balaban J connectivity index is 1.68. The summed E-state index contributed by atoms with van der Waals surface area (Å²) in [6.45, 7) is 5.14. The van der Waals surface area contributed by atoms with Crippen LogP contribution in [0.25, 0.3) is 6.08 Å². The average Bonchev–Trinajstić information content (AvgIpc) is 3.22. The lowest BCUT2D eigenvalue weighted by atomic mass is 10.1. The number of methoxy groups -OCH3 is 1. The maximum Gasteiger partial charge on any atom is 0.262 e. The number of carbonyl (C=O) groups is 1. The van der Waals surface area contributed by atoms with Crippen molar-refractivity contribution in [1.29, 1.82) is 5.26 Å². The molecule has 1 N–H and O–H groups in total. The zero-order chi connectivity index (χ0) is 21.5. The van der Waals surface area contributed by atoms with Crippen LogP contribution in [0.15, 0.2) is 42.0 Å². The molecular weight excluding hydrogens is 384 g/mol. The van der Waals surface area contributed by atoms with E-state index in [1.165, 1.54) is 6.08 Å². The van der Waals surface area contributed by atoms with Crippen LogP contribution in [0.1, 0.15) is 25.0 Å². The molecule has 2 aromatic rings. The van der Waals surface area contributed by atoms with Gasteiger partial charge in [0.1, 0.15) is 11.6 Å². The second-order valence-corrected chi connectivity index (χ2v) is 7.16. The first kappa shape index (κ1) is 21.1. The van der Waals surface area contributed by atoms with Gasteiger partial charge in [-0.2, -0.15) is 5.26 Å². The summed E-state index contributed by atoms with van der Waals surface area (Å²) in [6, 6.07) is 12.7. The number of carbonyl (C=O) groups excluding carboxylic acids is 1. The smallest absolute Gasteiger partial charge is 0.262 e. The molecule has 0 spiro atoms. The summed E-state index contributed by atoms with van der Waals surface area (Å²) in [7, 11) is 1.55. The summed E-state index contributed by atoms with van der Waals surface area (Å²) in [5.41, 5.74) is 1.50. The van der Waals surface area contributed by atoms with Crippen LogP contribution in [0.5, 0.6) is 23.0 Å². The standard InChI is InChI=1S/C23H24N2O5/c1-15(2)13-28-19-6-4-16(9-21(19)27-3)8-18(11-24)23(26)25-12-17-5-7-20-22(10-17)30-14-29-20/h4-10,15H,12-14H2,1-3H3,(H,25,26)/b18-8+. The fourth-order valence-corrected chi connectivity index (χ4v) is 2.79. The Labute approximate surface area is 175 Å². The third kappa shape index (κ3) is 5.23. The van der Waals surface area contributed by atoms with Crippen molar-refractivity contribution < 1.29 is 23.7 Å². The molecule has 0 saturated heterocycles. The molecule has 1 amide bonds. The first-order chi connectivity index (χ1) is 14.5. The molecule has 0 unspecified atom stereocenters. The summed E-state index contributed by atoms with van der Waals surface area (Å²) in [6.07, 6.45) is 1.52. The summed E-state index contributed by atoms with van der Waals surface area (Å²) < 4.78 is 21.7. The molecule has 0 saturated carbocycles. The highest BCUT2D eigenvalue weighted by atomic mass is 16.7. The molecule has 0 radical (unpaired) electrons. The summed E-state index contributed by atoms with van der Waals surface area (Å²) >= 11 is 0. The van der Waals surface area contributed by atoms with Crippen molar-refractivity contribution in [3.8, 4) is 29.1 Å². The van der Waals surface area contributed by atoms with Crippen molar-refractivity contribution in [1.82, 2.24) is 5.32 Å². The quantitative estimate of drug-likeness (QED) is 0.529. The lowest BCUT2D eigenvalue weighted by Gasteiger charge is -2.13. The summed E-state index contributed by atoms with van der Waals surface area (Å²) in [5, 5.41) is 12.2. The number of rotatable bonds is 8. The molecule has 1 aliphatic heterocycles. The molecule has 0 bridgehead atoms. The second-order valence-electron chi connectivity index (χ2n) is 7.16. The van der Waals surface area contributed by atoms with Gasteiger partial charge in [0.25, 0.3) is 5.91 Å². The van der Waals surface area contributed by atoms with Crippen molar-refractivity contribution >= 4 is 12.0 Å². The maximum atomic E-state index is 12.5. The zero-order valence-corrected chi connectivity index (χ0v) is 17.2. The Kier molecular flexibility index (Phi) is 6.81. The number of nitriles is 1. The monoisotopic (exact) mass is 408 g/mol. The predicted octanol–water partition coefficient (Wildman–Crippen LogP) is 3.68. The molecule has 1 aliphatic rings. The number of nitrogens with zero attached hydrogens (tertiary/aromatic N) is 1. The van der Waals surface area contributed by atoms with E-state index < -0.39 is 5.91 Å². The Morgan fingerprint density at radius 2 is 2.00 bits per heavy atom. The van der Waals surface area contributed by atoms with Crippen molar-refractivity contribution in [2.24, 2.45) is 5.92 Å². The molecule has 0 aliphatic carbocycles. The van der Waals surface area contributed by atoms with Crippen LogP contribution in [-0.2, 0) is 11.3 Å². The molecule has 0 aromatic heterocycles. The first-order valence-electron chi connectivity index (χ1n) is 9.59. The number of hydrogen-bond donors (Lipinski definition) is 1. The van der Waals surface area contributed by atoms with Gasteiger partial charge in [-0.3, -0.25) is 4.79 Å². The normalized spacial score (nSPS) is 12.4. The molecule has 156 valence electrons. The van der Waals surface area contributed by atoms with Gasteiger partial charge in [-0.25, -0.2) is 0 Å². The second kappa shape index (κ2) is 9.70. The van der Waals surface area contributed by atoms with Crippen LogP contribution in [-0.4, -0.2) is 26.4 Å². The zero-order valence-electron chi connectivity index (χ0n) is 17.2. The largest absolute Gasteiger partial charge is 0.493 e. The van der Waals surface area contributed by atoms with Crippen LogP contribution in [0.4, 0.5) is 0 Å². The number of amides is 1. The molecular formula is C23H24N2O5. The highest BCUT2D eigenvalue weighted by Crippen LogP contribution is 2.32. The van der Waals surface area contributed by atoms with E-state index in [1.54, 1.807) is 37.4 Å². The number of fused-ring (bicyclic) bond motifs is 1. The van der Waals surface area contributed by atoms with Gasteiger partial charge in [0, 0.05) is 6.54 Å². The first-order valence-corrected chi connectivity index (χ1v) is 9.59. The Bertz CT molecular complexity index is 992. The van der Waals surface area contributed by atoms with E-state index in [4.69, 9.17) is 18.9 Å². The van der Waals surface area contributed by atoms with Gasteiger partial charge < -0.3 is 24.3 Å². The van der Waals surface area contributed by atoms with E-state index in [1.807, 2.05) is 12.1 Å². The van der Waals surface area contributed by atoms with E-state index in [9.17, 15) is 10.1 Å². The lowest BCUT2D eigenvalue weighted by Crippen LogP contribution is -2.23. The number of ether oxygens (including phenoxy) is 4. The molecule has 1 heterocycles. The fourth-order valence-electron chi connectivity index (χ4n) is 2.79. The summed E-state index contributed by atoms with van der Waals surface area (Å²) in [4.78, 5) is 12.5. The van der Waals surface area contributed by atoms with Gasteiger partial charge in [-0.1, -0.05) is 26.0 Å². The van der Waals surface area contributed by atoms with E-state index in [-0.39, 0.29) is 18.9 Å². The van der Waals surface area contributed by atoms with Crippen LogP contribution >= 0.6 is 0 Å². The van der Waals surface area contributed by atoms with Crippen molar-refractivity contribution in [3.05, 3.63) is 53.1 Å². The molecule has 7 heteroatoms. The van der Waals surface area contributed by atoms with Gasteiger partial charge in [0.15, 0.2) is 23.0 Å². The average molecular weight is 408 g/mol. The topological polar surface area (TPSA) is 89.8 Å². The Hall–Kier alpha value is -3.66. The maximum absolute atomic E-state index is 12.5. The van der Waals surface area contributed by atoms with Gasteiger partial charge in [0.05, 0.1) is 13.7 Å². The highest BCUT2D eigenvalue weighted by molar-refractivity contribution is 6.01. The van der Waals surface area contributed by atoms with E-state index in [0.29, 0.717) is 41.1 Å². The van der Waals surface area contributed by atoms with E-state index in [0.717, 1.165) is 5.56 Å². The van der Waals surface area contributed by atoms with Crippen molar-refractivity contribution in [2.75, 3.05) is 20.5 Å². The van der Waals surface area contributed by atoms with Crippen LogP contribution < -0.4 is 24.3 Å². The number of hydrogen-bond acceptors (Lipinski definition) is 6. The number of benzene rings is 2. The minimum absolute atomic E-state index is 0.00588. The number of nitrogens with one attached hydrogen (secondary N) is 1. The van der Waals surface area contributed by atoms with Crippen molar-refractivity contribution in [2.45, 2.75) is 20.4 Å². The molecule has 0 atom stereocenters. The van der Waals surface area contributed by atoms with Gasteiger partial charge in [-0.15, -0.1) is 0 Å². The van der Waals surface area contributed by atoms with Crippen LogP contribution in [0.3, 0.4) is 0 Å². The SMILES string of the molecule is COc1cc(/C=C(\C#N)C(=O)NCc2ccc3c(c2)OCO3)ccc1OCC(C)C. The minimum atomic E-state index is -0.464. The van der Waals surface area contributed by atoms with Crippen molar-refractivity contribution in [3.63, 3.8) is 0 Å². The van der Waals surface area contributed by atoms with E-state index >= 15 is 0 Å². The third-order valence-electron chi connectivity index (χ3n) is 4.33. The fraction of sp³-hybridized carbons (Fsp3) is 0.304. The minimum Gasteiger partial charge on any atom is -0.493 e. The Morgan fingerprint density at radius 1 is 1.20 bits per heavy atom. The molecule has 2 aromatic carbocycles. The van der Waals surface area contributed by atoms with Gasteiger partial charge in [-0.05, 0) is 47.4 Å². The predicted molar refractivity (Wildman–Crippen MR) is 111 cm³/mol. The highest BCUT2D eigenvalue weighted by Gasteiger charge is 2.15.